The number of likely N-dealkylation sites (tertiary alicyclic amines) is 1. The molecule has 0 spiro atoms. The molecular weight excluding hydrogens is 632 g/mol. The number of carbonyl (C=O) groups excluding carboxylic acids is 5. The van der Waals surface area contributed by atoms with Crippen molar-refractivity contribution in [2.45, 2.75) is 95.4 Å². The van der Waals surface area contributed by atoms with E-state index < -0.39 is 59.7 Å². The molecule has 1 fully saturated rings. The fraction of sp³-hybridized carbons (Fsp3) is 0.594. The van der Waals surface area contributed by atoms with Crippen LogP contribution >= 0.6 is 0 Å². The van der Waals surface area contributed by atoms with Crippen LogP contribution in [-0.4, -0.2) is 96.2 Å². The van der Waals surface area contributed by atoms with Gasteiger partial charge in [0.1, 0.15) is 24.2 Å². The minimum Gasteiger partial charge on any atom is -0.370 e. The highest BCUT2D eigenvalue weighted by molar-refractivity contribution is 5.96. The van der Waals surface area contributed by atoms with E-state index in [4.69, 9.17) is 34.4 Å². The Morgan fingerprint density at radius 2 is 1.39 bits per heavy atom. The van der Waals surface area contributed by atoms with Crippen molar-refractivity contribution < 1.29 is 24.0 Å². The van der Waals surface area contributed by atoms with E-state index in [1.165, 1.54) is 4.90 Å². The minimum atomic E-state index is -1.08. The second kappa shape index (κ2) is 20.4. The molecule has 0 bridgehead atoms. The van der Waals surface area contributed by atoms with Gasteiger partial charge in [-0.2, -0.15) is 0 Å². The number of amides is 5. The summed E-state index contributed by atoms with van der Waals surface area (Å²) in [5.41, 5.74) is 34.1. The van der Waals surface area contributed by atoms with Gasteiger partial charge in [-0.15, -0.1) is 0 Å². The molecule has 0 radical (unpaired) electrons. The molecule has 1 saturated heterocycles. The number of benzene rings is 1. The fourth-order valence-electron chi connectivity index (χ4n) is 5.55. The van der Waals surface area contributed by atoms with E-state index in [1.807, 2.05) is 44.2 Å². The maximum atomic E-state index is 14.1. The van der Waals surface area contributed by atoms with Gasteiger partial charge in [-0.25, -0.2) is 0 Å². The van der Waals surface area contributed by atoms with Crippen LogP contribution in [0, 0.1) is 5.92 Å². The molecule has 1 aliphatic rings. The summed E-state index contributed by atoms with van der Waals surface area (Å²) >= 11 is 0. The van der Waals surface area contributed by atoms with E-state index in [0.29, 0.717) is 32.1 Å². The quantitative estimate of drug-likeness (QED) is 0.0399. The van der Waals surface area contributed by atoms with Crippen LogP contribution in [0.5, 0.6) is 0 Å². The van der Waals surface area contributed by atoms with E-state index in [-0.39, 0.29) is 56.7 Å². The van der Waals surface area contributed by atoms with Crippen LogP contribution in [0.2, 0.25) is 0 Å². The van der Waals surface area contributed by atoms with Crippen LogP contribution in [0.1, 0.15) is 64.4 Å². The number of hydrogen-bond acceptors (Lipinski definition) is 8. The number of nitrogens with one attached hydrogen (secondary N) is 3. The van der Waals surface area contributed by atoms with Crippen molar-refractivity contribution >= 4 is 41.5 Å². The topological polar surface area (TPSA) is 306 Å². The molecule has 5 amide bonds. The zero-order valence-electron chi connectivity index (χ0n) is 28.5. The second-order valence-corrected chi connectivity index (χ2v) is 12.6. The number of rotatable bonds is 20. The number of primary amides is 1. The van der Waals surface area contributed by atoms with Gasteiger partial charge in [-0.3, -0.25) is 34.0 Å². The molecule has 0 saturated carbocycles. The minimum absolute atomic E-state index is 0.0943. The Kier molecular flexibility index (Phi) is 16.8. The highest BCUT2D eigenvalue weighted by Crippen LogP contribution is 2.20. The lowest BCUT2D eigenvalue weighted by Crippen LogP contribution is -2.59. The Morgan fingerprint density at radius 1 is 0.816 bits per heavy atom. The molecule has 15 N–H and O–H groups in total. The second-order valence-electron chi connectivity index (χ2n) is 12.6. The smallest absolute Gasteiger partial charge is 0.245 e. The van der Waals surface area contributed by atoms with Gasteiger partial charge in [0.25, 0.3) is 0 Å². The Balaban J connectivity index is 2.28. The third-order valence-corrected chi connectivity index (χ3v) is 7.98. The average Bonchev–Trinajstić information content (AvgIpc) is 3.53. The number of nitrogens with two attached hydrogens (primary N) is 6. The number of guanidine groups is 2. The van der Waals surface area contributed by atoms with Gasteiger partial charge in [0.05, 0.1) is 6.04 Å². The van der Waals surface area contributed by atoms with Crippen LogP contribution in [0.15, 0.2) is 40.3 Å². The number of aliphatic imine (C=N–C) groups is 2. The standard InChI is InChI=1S/C32H54N12O5/c1-19(2)17-21(33)27(46)43-24(18-20-9-4-3-5-10-20)28(47)42-23(12-7-15-40-32(37)38)30(49)44-16-8-13-25(44)29(48)41-22(26(34)45)11-6-14-39-31(35)36/h3-5,9-10,19,21-25H,6-8,11-18,33H2,1-2H3,(H2,34,45)(H,41,48)(H,42,47)(H,43,46)(H4,35,36,39)(H4,37,38,40)/t21-,22-,23-,24-,25-/m0/s1. The number of nitrogens with zero attached hydrogens (tertiary/aromatic N) is 3. The molecule has 17 nitrogen and oxygen atoms in total. The van der Waals surface area contributed by atoms with Crippen LogP contribution in [0.4, 0.5) is 0 Å². The monoisotopic (exact) mass is 686 g/mol. The summed E-state index contributed by atoms with van der Waals surface area (Å²) in [5, 5.41) is 8.24. The first-order valence-electron chi connectivity index (χ1n) is 16.6. The molecule has 49 heavy (non-hydrogen) atoms. The largest absolute Gasteiger partial charge is 0.370 e. The molecule has 0 unspecified atom stereocenters. The zero-order chi connectivity index (χ0) is 36.5. The van der Waals surface area contributed by atoms with Gasteiger partial charge in [-0.1, -0.05) is 44.2 Å². The summed E-state index contributed by atoms with van der Waals surface area (Å²) in [6.45, 7) is 4.56. The molecular formula is C32H54N12O5. The van der Waals surface area contributed by atoms with Crippen molar-refractivity contribution in [3.8, 4) is 0 Å². The van der Waals surface area contributed by atoms with Crippen molar-refractivity contribution in [1.82, 2.24) is 20.9 Å². The van der Waals surface area contributed by atoms with E-state index in [2.05, 4.69) is 25.9 Å². The third kappa shape index (κ3) is 14.4. The molecule has 2 rings (SSSR count). The number of carbonyl (C=O) groups is 5. The first-order valence-corrected chi connectivity index (χ1v) is 16.6. The molecule has 272 valence electrons. The summed E-state index contributed by atoms with van der Waals surface area (Å²) in [7, 11) is 0. The van der Waals surface area contributed by atoms with Crippen molar-refractivity contribution in [3.05, 3.63) is 35.9 Å². The van der Waals surface area contributed by atoms with Crippen molar-refractivity contribution in [2.75, 3.05) is 19.6 Å². The van der Waals surface area contributed by atoms with E-state index >= 15 is 0 Å². The zero-order valence-corrected chi connectivity index (χ0v) is 28.5. The van der Waals surface area contributed by atoms with E-state index in [9.17, 15) is 24.0 Å². The molecule has 17 heteroatoms. The third-order valence-electron chi connectivity index (χ3n) is 7.98. The van der Waals surface area contributed by atoms with Crippen molar-refractivity contribution in [1.29, 1.82) is 0 Å². The summed E-state index contributed by atoms with van der Waals surface area (Å²) in [6.07, 6.45) is 2.46. The molecule has 0 aromatic heterocycles. The van der Waals surface area contributed by atoms with E-state index in [0.717, 1.165) is 5.56 Å². The number of hydrogen-bond donors (Lipinski definition) is 9. The normalized spacial score (nSPS) is 16.5. The summed E-state index contributed by atoms with van der Waals surface area (Å²) in [5.74, 6) is -2.92. The molecule has 1 aromatic rings. The predicted octanol–water partition coefficient (Wildman–Crippen LogP) is -2.36. The molecule has 1 aromatic carbocycles. The highest BCUT2D eigenvalue weighted by atomic mass is 16.2. The van der Waals surface area contributed by atoms with Gasteiger partial charge in [0.15, 0.2) is 11.9 Å². The SMILES string of the molecule is CC(C)C[C@H](N)C(=O)N[C@@H](Cc1ccccc1)C(=O)N[C@@H](CCCN=C(N)N)C(=O)N1CCC[C@H]1C(=O)N[C@@H](CCCN=C(N)N)C(N)=O. The van der Waals surface area contributed by atoms with Gasteiger partial charge in [-0.05, 0) is 56.4 Å². The van der Waals surface area contributed by atoms with Gasteiger partial charge in [0.2, 0.25) is 29.5 Å². The Morgan fingerprint density at radius 3 is 1.94 bits per heavy atom. The molecule has 5 atom stereocenters. The molecule has 1 heterocycles. The van der Waals surface area contributed by atoms with Crippen LogP contribution in [0.25, 0.3) is 0 Å². The van der Waals surface area contributed by atoms with Gasteiger partial charge < -0.3 is 55.3 Å². The highest BCUT2D eigenvalue weighted by Gasteiger charge is 2.39. The summed E-state index contributed by atoms with van der Waals surface area (Å²) in [4.78, 5) is 75.7. The van der Waals surface area contributed by atoms with Gasteiger partial charge in [0, 0.05) is 26.1 Å². The Labute approximate surface area is 287 Å². The Hall–Kier alpha value is -4.93. The molecule has 0 aliphatic carbocycles. The first kappa shape index (κ1) is 40.2. The van der Waals surface area contributed by atoms with Crippen molar-refractivity contribution in [3.63, 3.8) is 0 Å². The van der Waals surface area contributed by atoms with Gasteiger partial charge >= 0.3 is 0 Å². The summed E-state index contributed by atoms with van der Waals surface area (Å²) < 4.78 is 0. The Bertz CT molecular complexity index is 1310. The lowest BCUT2D eigenvalue weighted by molar-refractivity contribution is -0.142. The van der Waals surface area contributed by atoms with Crippen molar-refractivity contribution in [2.24, 2.45) is 50.3 Å². The molecule has 1 aliphatic heterocycles. The summed E-state index contributed by atoms with van der Waals surface area (Å²) in [6, 6.07) is 4.25. The predicted molar refractivity (Wildman–Crippen MR) is 187 cm³/mol. The average molecular weight is 687 g/mol. The van der Waals surface area contributed by atoms with Crippen LogP contribution in [-0.2, 0) is 30.4 Å². The maximum Gasteiger partial charge on any atom is 0.245 e. The van der Waals surface area contributed by atoms with Crippen LogP contribution in [0.3, 0.4) is 0 Å². The lowest BCUT2D eigenvalue weighted by Gasteiger charge is -2.30. The maximum absolute atomic E-state index is 14.1. The van der Waals surface area contributed by atoms with Crippen LogP contribution < -0.4 is 50.4 Å². The fourth-order valence-corrected chi connectivity index (χ4v) is 5.55. The lowest BCUT2D eigenvalue weighted by atomic mass is 10.0. The first-order chi connectivity index (χ1) is 23.2. The van der Waals surface area contributed by atoms with E-state index in [1.54, 1.807) is 0 Å².